The fourth-order valence-electron chi connectivity index (χ4n) is 7.67. The molecule has 4 aliphatic rings. The van der Waals surface area contributed by atoms with Gasteiger partial charge in [-0.25, -0.2) is 0 Å². The minimum absolute atomic E-state index is 0. The molecule has 8 bridgehead atoms. The second-order valence-electron chi connectivity index (χ2n) is 12.9. The van der Waals surface area contributed by atoms with Crippen molar-refractivity contribution >= 4 is 70.4 Å². The van der Waals surface area contributed by atoms with E-state index in [1.54, 1.807) is 13.8 Å². The Bertz CT molecular complexity index is 1840. The van der Waals surface area contributed by atoms with Gasteiger partial charge in [0.25, 0.3) is 0 Å². The molecule has 5 atom stereocenters. The number of hydrogen-bond acceptors (Lipinski definition) is 6. The fraction of sp³-hybridized carbons (Fsp3) is 0.459. The molecule has 248 valence electrons. The average molecular weight is 661 g/mol. The first kappa shape index (κ1) is 35.5. The van der Waals surface area contributed by atoms with Crippen LogP contribution >= 0.6 is 0 Å². The molecule has 0 saturated carbocycles. The second-order valence-corrected chi connectivity index (χ2v) is 12.9. The zero-order valence-corrected chi connectivity index (χ0v) is 30.3. The van der Waals surface area contributed by atoms with Crippen molar-refractivity contribution in [1.29, 1.82) is 0 Å². The van der Waals surface area contributed by atoms with Gasteiger partial charge in [0, 0.05) is 17.5 Å². The van der Waals surface area contributed by atoms with Crippen molar-refractivity contribution in [1.82, 2.24) is 9.97 Å². The van der Waals surface area contributed by atoms with Gasteiger partial charge in [-0.1, -0.05) is 62.1 Å². The molecule has 5 heterocycles. The monoisotopic (exact) mass is 660 g/mol. The van der Waals surface area contributed by atoms with Crippen LogP contribution in [-0.2, 0) is 19.1 Å². The summed E-state index contributed by atoms with van der Waals surface area (Å²) in [6.45, 7) is 13.5. The molecule has 0 radical (unpaired) electrons. The molecule has 0 N–H and O–H groups in total. The molecule has 11 heteroatoms. The Morgan fingerprint density at radius 3 is 2.12 bits per heavy atom. The minimum Gasteiger partial charge on any atom is -0.664 e. The Labute approximate surface area is 297 Å². The third-order valence-corrected chi connectivity index (χ3v) is 10.2. The number of nitrogens with zero attached hydrogens (tertiary/aromatic N) is 4. The van der Waals surface area contributed by atoms with E-state index in [0.717, 1.165) is 23.4 Å². The smallest absolute Gasteiger partial charge is 0.664 e. The molecular formula is C37H40MgN4O6-2. The molecule has 2 aromatic rings. The number of methoxy groups -OCH3 is 1. The topological polar surface area (TPSA) is 143 Å². The molecule has 0 unspecified atom stereocenters. The largest absolute Gasteiger partial charge is 2.00 e. The van der Waals surface area contributed by atoms with E-state index in [4.69, 9.17) is 30.1 Å². The van der Waals surface area contributed by atoms with Crippen LogP contribution in [0.1, 0.15) is 108 Å². The van der Waals surface area contributed by atoms with Gasteiger partial charge in [0.2, 0.25) is 0 Å². The molecule has 2 fully saturated rings. The molecule has 0 amide bonds. The van der Waals surface area contributed by atoms with Crippen molar-refractivity contribution in [3.05, 3.63) is 78.5 Å². The summed E-state index contributed by atoms with van der Waals surface area (Å²) in [6, 6.07) is 0. The van der Waals surface area contributed by atoms with Crippen molar-refractivity contribution in [2.75, 3.05) is 13.7 Å². The summed E-state index contributed by atoms with van der Waals surface area (Å²) in [7, 11) is 1.26. The number of fused-ring (bicyclic) bond motifs is 7. The molecule has 10 nitrogen and oxygen atoms in total. The standard InChI is InChI=1S/C37H42N4O6.Mg/c1-9-21-16(3)23-15-28-30(20(7)42)18(5)25(39-28)13-24-17(4)22(11-12-29(43)47-10-2)34(40-24)32-33(37(45)46-8)36(44)31-19(6)26(41-35(31)32)14-27(21)38-23;/h13-17,21-22,33H,9-12H2,1-8H3,(H2-2,38,39,40,41,42,44);/q-2;+2/p-2/b24-13-,27-14-;/t16-,17+,21-,22+,33-;/m1./s1. The van der Waals surface area contributed by atoms with E-state index in [2.05, 4.69) is 13.8 Å². The maximum atomic E-state index is 14.1. The molecule has 0 spiro atoms. The molecule has 2 saturated heterocycles. The summed E-state index contributed by atoms with van der Waals surface area (Å²) >= 11 is 0. The van der Waals surface area contributed by atoms with Crippen LogP contribution in [0, 0.1) is 43.4 Å². The summed E-state index contributed by atoms with van der Waals surface area (Å²) < 4.78 is 10.4. The number of carbonyl (C=O) groups excluding carboxylic acids is 4. The number of allylic oxidation sites excluding steroid dienone is 4. The van der Waals surface area contributed by atoms with Crippen molar-refractivity contribution in [3.63, 3.8) is 0 Å². The van der Waals surface area contributed by atoms with Gasteiger partial charge in [-0.3, -0.25) is 19.2 Å². The van der Waals surface area contributed by atoms with Crippen LogP contribution in [0.15, 0.2) is 22.8 Å². The van der Waals surface area contributed by atoms with Crippen LogP contribution < -0.4 is 9.97 Å². The number of ether oxygens (including phenoxy) is 2. The van der Waals surface area contributed by atoms with Gasteiger partial charge in [-0.15, -0.1) is 22.8 Å². The van der Waals surface area contributed by atoms with Crippen LogP contribution in [0.4, 0.5) is 0 Å². The summed E-state index contributed by atoms with van der Waals surface area (Å²) in [5.41, 5.74) is 7.85. The molecule has 1 aliphatic carbocycles. The van der Waals surface area contributed by atoms with Gasteiger partial charge in [-0.2, -0.15) is 22.8 Å². The minimum atomic E-state index is -1.23. The molecule has 0 aromatic carbocycles. The normalized spacial score (nSPS) is 28.6. The first-order valence-electron chi connectivity index (χ1n) is 16.4. The van der Waals surface area contributed by atoms with E-state index in [9.17, 15) is 19.2 Å². The Kier molecular flexibility index (Phi) is 10.0. The van der Waals surface area contributed by atoms with E-state index in [1.807, 2.05) is 39.0 Å². The van der Waals surface area contributed by atoms with E-state index >= 15 is 0 Å². The van der Waals surface area contributed by atoms with E-state index < -0.39 is 11.9 Å². The van der Waals surface area contributed by atoms with Gasteiger partial charge in [0.15, 0.2) is 11.6 Å². The third-order valence-electron chi connectivity index (χ3n) is 10.2. The Morgan fingerprint density at radius 2 is 1.48 bits per heavy atom. The van der Waals surface area contributed by atoms with Crippen LogP contribution in [0.5, 0.6) is 0 Å². The van der Waals surface area contributed by atoms with E-state index in [0.29, 0.717) is 62.9 Å². The van der Waals surface area contributed by atoms with Crippen molar-refractivity contribution in [2.45, 2.75) is 67.7 Å². The quantitative estimate of drug-likeness (QED) is 0.142. The molecule has 2 aromatic heterocycles. The van der Waals surface area contributed by atoms with Crippen LogP contribution in [0.2, 0.25) is 0 Å². The van der Waals surface area contributed by atoms with Gasteiger partial charge in [0.1, 0.15) is 5.92 Å². The number of carbonyl (C=O) groups is 4. The molecular weight excluding hydrogens is 621 g/mol. The number of rotatable bonds is 7. The number of hydrogen-bond donors (Lipinski definition) is 0. The maximum absolute atomic E-state index is 14.1. The summed E-state index contributed by atoms with van der Waals surface area (Å²) in [4.78, 5) is 62.8. The van der Waals surface area contributed by atoms with Gasteiger partial charge in [0.05, 0.1) is 13.7 Å². The van der Waals surface area contributed by atoms with E-state index in [1.165, 1.54) is 7.11 Å². The predicted octanol–water partition coefficient (Wildman–Crippen LogP) is 6.51. The zero-order chi connectivity index (χ0) is 33.9. The van der Waals surface area contributed by atoms with E-state index in [-0.39, 0.29) is 77.3 Å². The van der Waals surface area contributed by atoms with Crippen molar-refractivity contribution in [2.24, 2.45) is 29.6 Å². The van der Waals surface area contributed by atoms with Crippen LogP contribution in [0.3, 0.4) is 0 Å². The number of Topliss-reactive ketones (excluding diaryl/α,β-unsaturated/α-hetero) is 2. The van der Waals surface area contributed by atoms with Gasteiger partial charge in [-0.05, 0) is 57.8 Å². The number of ketones is 2. The second kappa shape index (κ2) is 13.6. The third kappa shape index (κ3) is 5.68. The summed E-state index contributed by atoms with van der Waals surface area (Å²) in [6.07, 6.45) is 7.08. The number of esters is 2. The summed E-state index contributed by atoms with van der Waals surface area (Å²) in [5.74, 6) is -3.09. The van der Waals surface area contributed by atoms with Crippen molar-refractivity contribution in [3.8, 4) is 0 Å². The Hall–Kier alpha value is -3.83. The zero-order valence-electron chi connectivity index (χ0n) is 28.9. The molecule has 6 rings (SSSR count). The predicted molar refractivity (Wildman–Crippen MR) is 184 cm³/mol. The van der Waals surface area contributed by atoms with Gasteiger partial charge >= 0.3 is 35.0 Å². The summed E-state index contributed by atoms with van der Waals surface area (Å²) in [5, 5.41) is 10.1. The first-order valence-corrected chi connectivity index (χ1v) is 16.4. The van der Waals surface area contributed by atoms with Gasteiger partial charge < -0.3 is 30.1 Å². The number of aromatic nitrogens is 2. The Balaban J connectivity index is 0.00000451. The SMILES string of the molecule is CCOC(=O)CC[C@@H]1/C2=C3/c4[n-]c(c(C)c4C(=O)[C@@H]3C(=O)OC)/C=C3\[N-]/C(=C\c4[n-]c(c(C)c4C(C)=O)/C=C(\[N-]2)[C@H]1C)[C@H](C)[C@H]3CC.[Mg+2]. The molecule has 48 heavy (non-hydrogen) atoms. The maximum Gasteiger partial charge on any atom is 2.00 e. The van der Waals surface area contributed by atoms with Crippen molar-refractivity contribution < 1.29 is 28.7 Å². The Morgan fingerprint density at radius 1 is 0.854 bits per heavy atom. The average Bonchev–Trinajstić information content (AvgIpc) is 3.77. The van der Waals surface area contributed by atoms with Crippen LogP contribution in [0.25, 0.3) is 34.4 Å². The molecule has 3 aliphatic heterocycles. The van der Waals surface area contributed by atoms with Crippen LogP contribution in [-0.4, -0.2) is 60.3 Å². The fourth-order valence-corrected chi connectivity index (χ4v) is 7.67. The first-order chi connectivity index (χ1) is 22.4.